The normalized spacial score (nSPS) is 16.1. The summed E-state index contributed by atoms with van der Waals surface area (Å²) in [5.41, 5.74) is 7.28. The second-order valence-electron chi connectivity index (χ2n) is 5.61. The molecule has 0 aliphatic carbocycles. The number of nitrogens with two attached hydrogens (primary N) is 1. The third kappa shape index (κ3) is 4.67. The Hall–Kier alpha value is -1.63. The van der Waals surface area contributed by atoms with Gasteiger partial charge in [-0.25, -0.2) is 0 Å². The number of rotatable bonds is 4. The minimum absolute atomic E-state index is 0. The van der Waals surface area contributed by atoms with E-state index in [1.807, 2.05) is 19.9 Å². The number of aryl methyl sites for hydroxylation is 1. The second-order valence-corrected chi connectivity index (χ2v) is 5.61. The van der Waals surface area contributed by atoms with Crippen LogP contribution in [0.15, 0.2) is 18.2 Å². The fraction of sp³-hybridized carbons (Fsp3) is 0.500. The van der Waals surface area contributed by atoms with Gasteiger partial charge >= 0.3 is 0 Å². The Morgan fingerprint density at radius 3 is 2.57 bits per heavy atom. The van der Waals surface area contributed by atoms with Gasteiger partial charge in [-0.2, -0.15) is 0 Å². The van der Waals surface area contributed by atoms with Crippen LogP contribution in [0.4, 0.5) is 5.69 Å². The predicted molar refractivity (Wildman–Crippen MR) is 92.0 cm³/mol. The molecule has 0 bridgehead atoms. The van der Waals surface area contributed by atoms with E-state index in [1.54, 1.807) is 12.1 Å². The molecule has 1 aromatic rings. The molecule has 1 aliphatic rings. The van der Waals surface area contributed by atoms with Gasteiger partial charge in [-0.1, -0.05) is 6.07 Å². The van der Waals surface area contributed by atoms with Crippen molar-refractivity contribution < 1.29 is 14.3 Å². The fourth-order valence-corrected chi connectivity index (χ4v) is 2.37. The summed E-state index contributed by atoms with van der Waals surface area (Å²) in [6.07, 6.45) is 0.988. The third-order valence-electron chi connectivity index (χ3n) is 3.92. The zero-order valence-electron chi connectivity index (χ0n) is 13.5. The Bertz CT molecular complexity index is 572. The molecule has 1 fully saturated rings. The van der Waals surface area contributed by atoms with E-state index in [1.165, 1.54) is 0 Å². The number of hydrogen-bond acceptors (Lipinski definition) is 4. The highest BCUT2D eigenvalue weighted by atomic mass is 35.5. The van der Waals surface area contributed by atoms with Crippen LogP contribution >= 0.6 is 12.4 Å². The number of carbonyl (C=O) groups excluding carboxylic acids is 2. The molecule has 1 aromatic carbocycles. The molecule has 0 radical (unpaired) electrons. The van der Waals surface area contributed by atoms with Gasteiger partial charge in [-0.3, -0.25) is 9.59 Å². The topological polar surface area (TPSA) is 93.5 Å². The van der Waals surface area contributed by atoms with Gasteiger partial charge in [-0.05, 0) is 44.4 Å². The molecule has 0 saturated carbocycles. The summed E-state index contributed by atoms with van der Waals surface area (Å²) < 4.78 is 5.25. The van der Waals surface area contributed by atoms with E-state index < -0.39 is 5.54 Å². The zero-order chi connectivity index (χ0) is 16.2. The van der Waals surface area contributed by atoms with Crippen molar-refractivity contribution >= 4 is 29.9 Å². The molecular weight excluding hydrogens is 318 g/mol. The van der Waals surface area contributed by atoms with Gasteiger partial charge in [0, 0.05) is 31.0 Å². The minimum atomic E-state index is -0.910. The van der Waals surface area contributed by atoms with Crippen LogP contribution in [0.5, 0.6) is 0 Å². The predicted octanol–water partition coefficient (Wildman–Crippen LogP) is 1.61. The van der Waals surface area contributed by atoms with Gasteiger partial charge in [-0.15, -0.1) is 12.4 Å². The molecule has 23 heavy (non-hydrogen) atoms. The van der Waals surface area contributed by atoms with Crippen LogP contribution in [-0.4, -0.2) is 37.1 Å². The molecule has 7 heteroatoms. The first-order chi connectivity index (χ1) is 10.5. The molecule has 2 rings (SSSR count). The monoisotopic (exact) mass is 341 g/mol. The minimum Gasteiger partial charge on any atom is -0.381 e. The van der Waals surface area contributed by atoms with Crippen molar-refractivity contribution in [2.24, 2.45) is 5.73 Å². The molecule has 0 atom stereocenters. The van der Waals surface area contributed by atoms with Crippen molar-refractivity contribution in [1.82, 2.24) is 5.32 Å². The van der Waals surface area contributed by atoms with E-state index in [-0.39, 0.29) is 24.2 Å². The lowest BCUT2D eigenvalue weighted by Crippen LogP contribution is -2.54. The molecule has 4 N–H and O–H groups in total. The van der Waals surface area contributed by atoms with Crippen LogP contribution in [0, 0.1) is 6.92 Å². The molecule has 6 nitrogen and oxygen atoms in total. The van der Waals surface area contributed by atoms with Crippen LogP contribution < -0.4 is 16.4 Å². The Morgan fingerprint density at radius 1 is 1.30 bits per heavy atom. The van der Waals surface area contributed by atoms with E-state index in [2.05, 4.69) is 10.6 Å². The Kier molecular flexibility index (Phi) is 7.00. The van der Waals surface area contributed by atoms with Crippen molar-refractivity contribution in [3.63, 3.8) is 0 Å². The average molecular weight is 342 g/mol. The van der Waals surface area contributed by atoms with Crippen LogP contribution in [-0.2, 0) is 9.53 Å². The average Bonchev–Trinajstić information content (AvgIpc) is 2.50. The van der Waals surface area contributed by atoms with Gasteiger partial charge in [0.15, 0.2) is 0 Å². The Labute approximate surface area is 142 Å². The lowest BCUT2D eigenvalue weighted by atomic mass is 9.90. The van der Waals surface area contributed by atoms with E-state index in [9.17, 15) is 9.59 Å². The maximum atomic E-state index is 12.5. The number of hydrogen-bond donors (Lipinski definition) is 3. The van der Waals surface area contributed by atoms with E-state index >= 15 is 0 Å². The fourth-order valence-electron chi connectivity index (χ4n) is 2.37. The van der Waals surface area contributed by atoms with Gasteiger partial charge in [0.05, 0.1) is 0 Å². The molecule has 1 aliphatic heterocycles. The summed E-state index contributed by atoms with van der Waals surface area (Å²) in [5, 5.41) is 5.60. The summed E-state index contributed by atoms with van der Waals surface area (Å²) in [4.78, 5) is 24.3. The molecular formula is C16H24ClN3O3. The standard InChI is InChI=1S/C16H23N3O3.ClH/c1-3-18-14(20)12-5-4-11(2)13(10-12)19-15(21)16(17)6-8-22-9-7-16;/h4-5,10H,3,6-9,17H2,1-2H3,(H,18,20)(H,19,21);1H. The van der Waals surface area contributed by atoms with Crippen LogP contribution in [0.2, 0.25) is 0 Å². The quantitative estimate of drug-likeness (QED) is 0.775. The number of carbonyl (C=O) groups is 2. The third-order valence-corrected chi connectivity index (χ3v) is 3.92. The van der Waals surface area contributed by atoms with E-state index in [0.29, 0.717) is 43.9 Å². The highest BCUT2D eigenvalue weighted by Gasteiger charge is 2.36. The number of nitrogens with one attached hydrogen (secondary N) is 2. The van der Waals surface area contributed by atoms with Crippen molar-refractivity contribution in [2.75, 3.05) is 25.1 Å². The molecule has 1 saturated heterocycles. The Balaban J connectivity index is 0.00000264. The second kappa shape index (κ2) is 8.29. The van der Waals surface area contributed by atoms with Crippen molar-refractivity contribution in [1.29, 1.82) is 0 Å². The number of benzene rings is 1. The molecule has 0 spiro atoms. The Morgan fingerprint density at radius 2 is 1.96 bits per heavy atom. The molecule has 2 amide bonds. The van der Waals surface area contributed by atoms with Gasteiger partial charge in [0.25, 0.3) is 5.91 Å². The number of amides is 2. The summed E-state index contributed by atoms with van der Waals surface area (Å²) >= 11 is 0. The summed E-state index contributed by atoms with van der Waals surface area (Å²) in [6.45, 7) is 5.27. The van der Waals surface area contributed by atoms with Gasteiger partial charge < -0.3 is 21.1 Å². The molecule has 128 valence electrons. The lowest BCUT2D eigenvalue weighted by molar-refractivity contribution is -0.124. The number of ether oxygens (including phenoxy) is 1. The number of halogens is 1. The zero-order valence-corrected chi connectivity index (χ0v) is 14.3. The lowest BCUT2D eigenvalue weighted by Gasteiger charge is -2.32. The maximum Gasteiger partial charge on any atom is 0.251 e. The number of anilines is 1. The highest BCUT2D eigenvalue weighted by molar-refractivity contribution is 6.00. The maximum absolute atomic E-state index is 12.5. The first-order valence-corrected chi connectivity index (χ1v) is 7.53. The highest BCUT2D eigenvalue weighted by Crippen LogP contribution is 2.22. The molecule has 0 aromatic heterocycles. The van der Waals surface area contributed by atoms with Gasteiger partial charge in [0.2, 0.25) is 5.91 Å². The first-order valence-electron chi connectivity index (χ1n) is 7.53. The molecule has 1 heterocycles. The van der Waals surface area contributed by atoms with Crippen LogP contribution in [0.3, 0.4) is 0 Å². The summed E-state index contributed by atoms with van der Waals surface area (Å²) in [5.74, 6) is -0.390. The van der Waals surface area contributed by atoms with Crippen molar-refractivity contribution in [3.8, 4) is 0 Å². The van der Waals surface area contributed by atoms with Crippen molar-refractivity contribution in [3.05, 3.63) is 29.3 Å². The SMILES string of the molecule is CCNC(=O)c1ccc(C)c(NC(=O)C2(N)CCOCC2)c1.Cl. The smallest absolute Gasteiger partial charge is 0.251 e. The largest absolute Gasteiger partial charge is 0.381 e. The van der Waals surface area contributed by atoms with E-state index in [4.69, 9.17) is 10.5 Å². The summed E-state index contributed by atoms with van der Waals surface area (Å²) in [6, 6.07) is 5.23. The molecule has 0 unspecified atom stereocenters. The first kappa shape index (κ1) is 19.4. The van der Waals surface area contributed by atoms with Crippen molar-refractivity contribution in [2.45, 2.75) is 32.2 Å². The summed E-state index contributed by atoms with van der Waals surface area (Å²) in [7, 11) is 0. The van der Waals surface area contributed by atoms with Gasteiger partial charge in [0.1, 0.15) is 5.54 Å². The van der Waals surface area contributed by atoms with Crippen LogP contribution in [0.1, 0.15) is 35.7 Å². The van der Waals surface area contributed by atoms with E-state index in [0.717, 1.165) is 5.56 Å². The van der Waals surface area contributed by atoms with Crippen LogP contribution in [0.25, 0.3) is 0 Å².